The summed E-state index contributed by atoms with van der Waals surface area (Å²) in [5.41, 5.74) is 4.91. The third-order valence-corrected chi connectivity index (χ3v) is 5.95. The Kier molecular flexibility index (Phi) is 4.93. The van der Waals surface area contributed by atoms with E-state index in [4.69, 9.17) is 0 Å². The van der Waals surface area contributed by atoms with Crippen molar-refractivity contribution in [2.45, 2.75) is 19.8 Å². The lowest BCUT2D eigenvalue weighted by Crippen LogP contribution is -2.22. The highest BCUT2D eigenvalue weighted by atomic mass is 32.2. The molecule has 8 nitrogen and oxygen atoms in total. The lowest BCUT2D eigenvalue weighted by Gasteiger charge is -2.07. The molecule has 0 aliphatic carbocycles. The zero-order chi connectivity index (χ0) is 17.9. The van der Waals surface area contributed by atoms with Crippen LogP contribution in [-0.4, -0.2) is 46.3 Å². The van der Waals surface area contributed by atoms with Crippen LogP contribution >= 0.6 is 0 Å². The van der Waals surface area contributed by atoms with E-state index in [1.807, 2.05) is 24.3 Å². The number of hydrogen-bond donors (Lipinski definition) is 1. The van der Waals surface area contributed by atoms with Gasteiger partial charge in [-0.25, -0.2) is 23.5 Å². The number of sulfone groups is 1. The van der Waals surface area contributed by atoms with Crippen molar-refractivity contribution in [1.82, 2.24) is 20.2 Å². The normalized spacial score (nSPS) is 19.7. The second-order valence-electron chi connectivity index (χ2n) is 6.09. The Hall–Kier alpha value is -2.55. The average Bonchev–Trinajstić information content (AvgIpc) is 3.22. The SMILES string of the molecule is C/C(=N/NC(=O)C[C@H]1CCS(=O)(=O)C1)c1ccc(-n2cncn2)cc1. The third-order valence-electron chi connectivity index (χ3n) is 4.12. The van der Waals surface area contributed by atoms with Gasteiger partial charge in [-0.15, -0.1) is 0 Å². The van der Waals surface area contributed by atoms with Gasteiger partial charge in [0.05, 0.1) is 22.9 Å². The molecule has 0 bridgehead atoms. The Morgan fingerprint density at radius 2 is 2.12 bits per heavy atom. The van der Waals surface area contributed by atoms with Gasteiger partial charge in [-0.05, 0) is 37.0 Å². The van der Waals surface area contributed by atoms with Gasteiger partial charge in [0.25, 0.3) is 0 Å². The van der Waals surface area contributed by atoms with Gasteiger partial charge in [-0.3, -0.25) is 4.79 Å². The topological polar surface area (TPSA) is 106 Å². The van der Waals surface area contributed by atoms with Crippen molar-refractivity contribution >= 4 is 21.5 Å². The highest BCUT2D eigenvalue weighted by molar-refractivity contribution is 7.91. The van der Waals surface area contributed by atoms with Crippen LogP contribution in [0.15, 0.2) is 42.0 Å². The van der Waals surface area contributed by atoms with Gasteiger partial charge in [0.2, 0.25) is 5.91 Å². The largest absolute Gasteiger partial charge is 0.273 e. The first-order chi connectivity index (χ1) is 11.9. The fraction of sp³-hybridized carbons (Fsp3) is 0.375. The van der Waals surface area contributed by atoms with E-state index in [-0.39, 0.29) is 29.8 Å². The Bertz CT molecular complexity index is 873. The van der Waals surface area contributed by atoms with Crippen molar-refractivity contribution < 1.29 is 13.2 Å². The molecule has 9 heteroatoms. The molecule has 0 unspecified atom stereocenters. The highest BCUT2D eigenvalue weighted by Gasteiger charge is 2.29. The molecule has 0 radical (unpaired) electrons. The van der Waals surface area contributed by atoms with Crippen molar-refractivity contribution in [3.8, 4) is 5.69 Å². The van der Waals surface area contributed by atoms with Crippen LogP contribution in [0.2, 0.25) is 0 Å². The lowest BCUT2D eigenvalue weighted by atomic mass is 10.1. The number of amides is 1. The first kappa shape index (κ1) is 17.3. The number of carbonyl (C=O) groups is 1. The van der Waals surface area contributed by atoms with Gasteiger partial charge in [0.1, 0.15) is 12.7 Å². The molecule has 1 aromatic heterocycles. The van der Waals surface area contributed by atoms with Gasteiger partial charge in [-0.1, -0.05) is 12.1 Å². The van der Waals surface area contributed by atoms with Gasteiger partial charge in [0, 0.05) is 6.42 Å². The Balaban J connectivity index is 1.57. The van der Waals surface area contributed by atoms with Crippen LogP contribution in [0.5, 0.6) is 0 Å². The van der Waals surface area contributed by atoms with Crippen LogP contribution in [-0.2, 0) is 14.6 Å². The first-order valence-electron chi connectivity index (χ1n) is 7.92. The summed E-state index contributed by atoms with van der Waals surface area (Å²) in [6, 6.07) is 7.53. The maximum atomic E-state index is 11.9. The number of hydrogen-bond acceptors (Lipinski definition) is 6. The molecule has 1 aliphatic rings. The van der Waals surface area contributed by atoms with Crippen molar-refractivity contribution in [1.29, 1.82) is 0 Å². The van der Waals surface area contributed by atoms with Crippen molar-refractivity contribution in [3.05, 3.63) is 42.5 Å². The van der Waals surface area contributed by atoms with Crippen LogP contribution in [0.4, 0.5) is 0 Å². The zero-order valence-electron chi connectivity index (χ0n) is 13.8. The Labute approximate surface area is 145 Å². The van der Waals surface area contributed by atoms with Gasteiger partial charge >= 0.3 is 0 Å². The van der Waals surface area contributed by atoms with Crippen molar-refractivity contribution in [3.63, 3.8) is 0 Å². The summed E-state index contributed by atoms with van der Waals surface area (Å²) < 4.78 is 24.5. The molecule has 1 fully saturated rings. The standard InChI is InChI=1S/C16H19N5O3S/c1-12(14-2-4-15(5-3-14)21-11-17-10-18-21)19-20-16(22)8-13-6-7-25(23,24)9-13/h2-5,10-11,13H,6-9H2,1H3,(H,20,22)/b19-12-/t13-/m1/s1. The predicted molar refractivity (Wildman–Crippen MR) is 93.1 cm³/mol. The highest BCUT2D eigenvalue weighted by Crippen LogP contribution is 2.21. The maximum absolute atomic E-state index is 11.9. The summed E-state index contributed by atoms with van der Waals surface area (Å²) >= 11 is 0. The smallest absolute Gasteiger partial charge is 0.240 e. The van der Waals surface area contributed by atoms with E-state index in [2.05, 4.69) is 20.6 Å². The summed E-state index contributed by atoms with van der Waals surface area (Å²) in [6.45, 7) is 1.80. The zero-order valence-corrected chi connectivity index (χ0v) is 14.6. The maximum Gasteiger partial charge on any atom is 0.240 e. The van der Waals surface area contributed by atoms with Crippen LogP contribution in [0, 0.1) is 5.92 Å². The van der Waals surface area contributed by atoms with Gasteiger partial charge in [-0.2, -0.15) is 10.2 Å². The Morgan fingerprint density at radius 3 is 2.72 bits per heavy atom. The summed E-state index contributed by atoms with van der Waals surface area (Å²) in [5, 5.41) is 8.15. The molecule has 0 spiro atoms. The van der Waals surface area contributed by atoms with Crippen molar-refractivity contribution in [2.24, 2.45) is 11.0 Å². The molecule has 1 aliphatic heterocycles. The van der Waals surface area contributed by atoms with Crippen LogP contribution in [0.25, 0.3) is 5.69 Å². The molecule has 1 N–H and O–H groups in total. The van der Waals surface area contributed by atoms with E-state index in [1.54, 1.807) is 17.9 Å². The number of aromatic nitrogens is 3. The second-order valence-corrected chi connectivity index (χ2v) is 8.32. The minimum Gasteiger partial charge on any atom is -0.273 e. The minimum atomic E-state index is -2.97. The molecule has 2 heterocycles. The van der Waals surface area contributed by atoms with E-state index in [0.717, 1.165) is 11.3 Å². The summed E-state index contributed by atoms with van der Waals surface area (Å²) in [6.07, 6.45) is 3.80. The number of carbonyl (C=O) groups excluding carboxylic acids is 1. The van der Waals surface area contributed by atoms with Gasteiger partial charge < -0.3 is 0 Å². The second kappa shape index (κ2) is 7.14. The van der Waals surface area contributed by atoms with E-state index >= 15 is 0 Å². The molecule has 1 atom stereocenters. The quantitative estimate of drug-likeness (QED) is 0.630. The molecule has 1 saturated heterocycles. The van der Waals surface area contributed by atoms with Crippen LogP contribution in [0.3, 0.4) is 0 Å². The molecule has 3 rings (SSSR count). The summed E-state index contributed by atoms with van der Waals surface area (Å²) in [7, 11) is -2.97. The fourth-order valence-corrected chi connectivity index (χ4v) is 4.61. The molecule has 1 aromatic carbocycles. The molecular weight excluding hydrogens is 342 g/mol. The van der Waals surface area contributed by atoms with Gasteiger partial charge in [0.15, 0.2) is 9.84 Å². The molecule has 0 saturated carbocycles. The summed E-state index contributed by atoms with van der Waals surface area (Å²) in [4.78, 5) is 15.8. The number of rotatable bonds is 5. The lowest BCUT2D eigenvalue weighted by molar-refractivity contribution is -0.121. The average molecular weight is 361 g/mol. The van der Waals surface area contributed by atoms with E-state index in [9.17, 15) is 13.2 Å². The third kappa shape index (κ3) is 4.50. The van der Waals surface area contributed by atoms with Crippen LogP contribution in [0.1, 0.15) is 25.3 Å². The summed E-state index contributed by atoms with van der Waals surface area (Å²) in [5.74, 6) is -0.110. The van der Waals surface area contributed by atoms with E-state index < -0.39 is 9.84 Å². The van der Waals surface area contributed by atoms with Crippen LogP contribution < -0.4 is 5.43 Å². The van der Waals surface area contributed by atoms with E-state index in [0.29, 0.717) is 12.1 Å². The number of nitrogens with one attached hydrogen (secondary N) is 1. The molecular formula is C16H19N5O3S. The fourth-order valence-electron chi connectivity index (χ4n) is 2.75. The molecule has 25 heavy (non-hydrogen) atoms. The number of nitrogens with zero attached hydrogens (tertiary/aromatic N) is 4. The molecule has 132 valence electrons. The minimum absolute atomic E-state index is 0.0901. The monoisotopic (exact) mass is 361 g/mol. The first-order valence-corrected chi connectivity index (χ1v) is 9.74. The predicted octanol–water partition coefficient (Wildman–Crippen LogP) is 0.932. The Morgan fingerprint density at radius 1 is 1.36 bits per heavy atom. The number of hydrazone groups is 1. The van der Waals surface area contributed by atoms with E-state index in [1.165, 1.54) is 6.33 Å². The number of benzene rings is 1. The molecule has 2 aromatic rings. The molecule has 1 amide bonds. The van der Waals surface area contributed by atoms with Crippen molar-refractivity contribution in [2.75, 3.05) is 11.5 Å².